The van der Waals surface area contributed by atoms with Crippen LogP contribution in [-0.2, 0) is 6.42 Å². The summed E-state index contributed by atoms with van der Waals surface area (Å²) in [7, 11) is 0. The molecule has 0 fully saturated rings. The van der Waals surface area contributed by atoms with Crippen LogP contribution in [0.5, 0.6) is 0 Å². The first kappa shape index (κ1) is 11.8. The van der Waals surface area contributed by atoms with Gasteiger partial charge in [0.1, 0.15) is 5.82 Å². The van der Waals surface area contributed by atoms with E-state index in [2.05, 4.69) is 24.3 Å². The monoisotopic (exact) mass is 233 g/mol. The lowest BCUT2D eigenvalue weighted by molar-refractivity contribution is 0.628. The maximum atomic E-state index is 13.2. The minimum absolute atomic E-state index is 0.283. The zero-order valence-corrected chi connectivity index (χ0v) is 10.00. The molecule has 0 aliphatic rings. The number of fused-ring (bicyclic) bond motifs is 1. The second-order valence-electron chi connectivity index (χ2n) is 4.56. The SMILES string of the molecule is CC(C)Cc1cc(NN)c2ccc(F)cc2n1. The van der Waals surface area contributed by atoms with Crippen molar-refractivity contribution in [2.45, 2.75) is 20.3 Å². The van der Waals surface area contributed by atoms with Crippen molar-refractivity contribution in [2.75, 3.05) is 5.43 Å². The molecular formula is C13H16FN3. The Morgan fingerprint density at radius 1 is 1.35 bits per heavy atom. The predicted molar refractivity (Wildman–Crippen MR) is 68.1 cm³/mol. The van der Waals surface area contributed by atoms with Crippen LogP contribution in [0, 0.1) is 11.7 Å². The summed E-state index contributed by atoms with van der Waals surface area (Å²) < 4.78 is 13.2. The quantitative estimate of drug-likeness (QED) is 0.633. The third-order valence-corrected chi connectivity index (χ3v) is 2.60. The standard InChI is InChI=1S/C13H16FN3/c1-8(2)5-10-7-13(17-15)11-4-3-9(14)6-12(11)16-10/h3-4,6-8H,5,15H2,1-2H3,(H,16,17). The first-order chi connectivity index (χ1) is 8.10. The molecule has 0 bridgehead atoms. The Bertz CT molecular complexity index is 537. The van der Waals surface area contributed by atoms with Crippen molar-refractivity contribution in [1.82, 2.24) is 4.98 Å². The number of halogens is 1. The van der Waals surface area contributed by atoms with E-state index in [9.17, 15) is 4.39 Å². The molecule has 17 heavy (non-hydrogen) atoms. The summed E-state index contributed by atoms with van der Waals surface area (Å²) in [5.41, 5.74) is 4.98. The van der Waals surface area contributed by atoms with Gasteiger partial charge in [-0.2, -0.15) is 0 Å². The van der Waals surface area contributed by atoms with Crippen LogP contribution in [0.3, 0.4) is 0 Å². The summed E-state index contributed by atoms with van der Waals surface area (Å²) in [5, 5.41) is 0.835. The highest BCUT2D eigenvalue weighted by molar-refractivity contribution is 5.91. The molecule has 0 saturated heterocycles. The molecule has 0 atom stereocenters. The molecule has 0 saturated carbocycles. The Balaban J connectivity index is 2.58. The van der Waals surface area contributed by atoms with E-state index in [1.165, 1.54) is 12.1 Å². The highest BCUT2D eigenvalue weighted by Crippen LogP contribution is 2.24. The van der Waals surface area contributed by atoms with Gasteiger partial charge in [-0.3, -0.25) is 10.8 Å². The Hall–Kier alpha value is -1.68. The molecule has 0 unspecified atom stereocenters. The summed E-state index contributed by atoms with van der Waals surface area (Å²) in [5.74, 6) is 5.70. The predicted octanol–water partition coefficient (Wildman–Crippen LogP) is 2.86. The van der Waals surface area contributed by atoms with Gasteiger partial charge >= 0.3 is 0 Å². The minimum atomic E-state index is -0.283. The number of anilines is 1. The Morgan fingerprint density at radius 2 is 2.12 bits per heavy atom. The first-order valence-corrected chi connectivity index (χ1v) is 5.66. The number of nitrogens with two attached hydrogens (primary N) is 1. The summed E-state index contributed by atoms with van der Waals surface area (Å²) in [6, 6.07) is 6.44. The molecule has 2 aromatic rings. The first-order valence-electron chi connectivity index (χ1n) is 5.66. The van der Waals surface area contributed by atoms with Crippen molar-refractivity contribution in [3.8, 4) is 0 Å². The summed E-state index contributed by atoms with van der Waals surface area (Å²) in [6.07, 6.45) is 0.848. The van der Waals surface area contributed by atoms with Crippen molar-refractivity contribution in [2.24, 2.45) is 11.8 Å². The third-order valence-electron chi connectivity index (χ3n) is 2.60. The molecule has 3 N–H and O–H groups in total. The van der Waals surface area contributed by atoms with Crippen molar-refractivity contribution >= 4 is 16.6 Å². The fraction of sp³-hybridized carbons (Fsp3) is 0.308. The fourth-order valence-corrected chi connectivity index (χ4v) is 1.90. The maximum absolute atomic E-state index is 13.2. The molecule has 1 aromatic carbocycles. The Kier molecular flexibility index (Phi) is 3.24. The zero-order valence-electron chi connectivity index (χ0n) is 10.00. The fourth-order valence-electron chi connectivity index (χ4n) is 1.90. The van der Waals surface area contributed by atoms with Crippen LogP contribution in [0.15, 0.2) is 24.3 Å². The van der Waals surface area contributed by atoms with Gasteiger partial charge in [-0.15, -0.1) is 0 Å². The number of nitrogens with one attached hydrogen (secondary N) is 1. The highest BCUT2D eigenvalue weighted by Gasteiger charge is 2.07. The average molecular weight is 233 g/mol. The van der Waals surface area contributed by atoms with E-state index in [0.717, 1.165) is 23.2 Å². The van der Waals surface area contributed by atoms with Gasteiger partial charge in [-0.05, 0) is 30.5 Å². The van der Waals surface area contributed by atoms with E-state index in [0.29, 0.717) is 11.4 Å². The summed E-state index contributed by atoms with van der Waals surface area (Å²) >= 11 is 0. The van der Waals surface area contributed by atoms with Crippen LogP contribution in [-0.4, -0.2) is 4.98 Å². The number of aromatic nitrogens is 1. The lowest BCUT2D eigenvalue weighted by atomic mass is 10.1. The van der Waals surface area contributed by atoms with Crippen molar-refractivity contribution in [3.63, 3.8) is 0 Å². The number of hydrogen-bond acceptors (Lipinski definition) is 3. The van der Waals surface area contributed by atoms with Gasteiger partial charge in [-0.25, -0.2) is 4.39 Å². The van der Waals surface area contributed by atoms with Crippen LogP contribution in [0.2, 0.25) is 0 Å². The summed E-state index contributed by atoms with van der Waals surface area (Å²) in [6.45, 7) is 4.24. The molecule has 90 valence electrons. The molecule has 0 aliphatic heterocycles. The lowest BCUT2D eigenvalue weighted by Crippen LogP contribution is -2.09. The van der Waals surface area contributed by atoms with Gasteiger partial charge in [-0.1, -0.05) is 13.8 Å². The van der Waals surface area contributed by atoms with Crippen molar-refractivity contribution in [1.29, 1.82) is 0 Å². The van der Waals surface area contributed by atoms with Crippen molar-refractivity contribution in [3.05, 3.63) is 35.8 Å². The van der Waals surface area contributed by atoms with Gasteiger partial charge < -0.3 is 5.43 Å². The van der Waals surface area contributed by atoms with E-state index in [4.69, 9.17) is 5.84 Å². The van der Waals surface area contributed by atoms with Gasteiger partial charge in [0.25, 0.3) is 0 Å². The van der Waals surface area contributed by atoms with Gasteiger partial charge in [0, 0.05) is 17.1 Å². The minimum Gasteiger partial charge on any atom is -0.323 e. The second kappa shape index (κ2) is 4.67. The van der Waals surface area contributed by atoms with Crippen LogP contribution < -0.4 is 11.3 Å². The van der Waals surface area contributed by atoms with Gasteiger partial charge in [0.05, 0.1) is 11.2 Å². The summed E-state index contributed by atoms with van der Waals surface area (Å²) in [4.78, 5) is 4.45. The number of rotatable bonds is 3. The molecule has 2 rings (SSSR count). The molecule has 4 heteroatoms. The molecular weight excluding hydrogens is 217 g/mol. The maximum Gasteiger partial charge on any atom is 0.125 e. The Labute approximate surface area is 99.8 Å². The van der Waals surface area contributed by atoms with Crippen LogP contribution in [0.1, 0.15) is 19.5 Å². The third kappa shape index (κ3) is 2.53. The number of hydrazine groups is 1. The molecule has 0 spiro atoms. The zero-order chi connectivity index (χ0) is 12.4. The van der Waals surface area contributed by atoms with E-state index < -0.39 is 0 Å². The number of nitrogens with zero attached hydrogens (tertiary/aromatic N) is 1. The molecule has 0 amide bonds. The molecule has 3 nitrogen and oxygen atoms in total. The normalized spacial score (nSPS) is 11.1. The topological polar surface area (TPSA) is 50.9 Å². The molecule has 1 heterocycles. The number of nitrogen functional groups attached to an aromatic ring is 1. The largest absolute Gasteiger partial charge is 0.323 e. The van der Waals surface area contributed by atoms with Gasteiger partial charge in [0.15, 0.2) is 0 Å². The number of pyridine rings is 1. The van der Waals surface area contributed by atoms with Crippen LogP contribution >= 0.6 is 0 Å². The van der Waals surface area contributed by atoms with Crippen LogP contribution in [0.25, 0.3) is 10.9 Å². The average Bonchev–Trinajstić information content (AvgIpc) is 2.26. The number of hydrogen-bond donors (Lipinski definition) is 2. The van der Waals surface area contributed by atoms with Crippen LogP contribution in [0.4, 0.5) is 10.1 Å². The number of benzene rings is 1. The van der Waals surface area contributed by atoms with E-state index >= 15 is 0 Å². The van der Waals surface area contributed by atoms with E-state index in [1.807, 2.05) is 6.07 Å². The molecule has 0 radical (unpaired) electrons. The van der Waals surface area contributed by atoms with Crippen molar-refractivity contribution < 1.29 is 4.39 Å². The van der Waals surface area contributed by atoms with E-state index in [-0.39, 0.29) is 5.82 Å². The molecule has 0 aliphatic carbocycles. The van der Waals surface area contributed by atoms with Gasteiger partial charge in [0.2, 0.25) is 0 Å². The Morgan fingerprint density at radius 3 is 2.76 bits per heavy atom. The lowest BCUT2D eigenvalue weighted by Gasteiger charge is -2.10. The highest BCUT2D eigenvalue weighted by atomic mass is 19.1. The smallest absolute Gasteiger partial charge is 0.125 e. The van der Waals surface area contributed by atoms with E-state index in [1.54, 1.807) is 6.07 Å². The molecule has 1 aromatic heterocycles. The second-order valence-corrected chi connectivity index (χ2v) is 4.56.